The summed E-state index contributed by atoms with van der Waals surface area (Å²) in [6, 6.07) is -0.784. The van der Waals surface area contributed by atoms with Gasteiger partial charge < -0.3 is 19.1 Å². The molecule has 1 aliphatic rings. The average Bonchev–Trinajstić information content (AvgIpc) is 3.43. The molecule has 0 aliphatic carbocycles. The number of aromatic amines is 1. The Labute approximate surface area is 272 Å². The van der Waals surface area contributed by atoms with Crippen LogP contribution in [0.25, 0.3) is 10.4 Å². The van der Waals surface area contributed by atoms with E-state index >= 15 is 0 Å². The Morgan fingerprint density at radius 1 is 1.02 bits per heavy atom. The second-order valence-corrected chi connectivity index (χ2v) is 13.4. The average molecular weight is 674 g/mol. The highest BCUT2D eigenvalue weighted by molar-refractivity contribution is 7.47. The number of phosphoric acid groups is 1. The lowest BCUT2D eigenvalue weighted by Gasteiger charge is -2.21. The molecule has 1 aromatic rings. The highest BCUT2D eigenvalue weighted by Gasteiger charge is 2.38. The third-order valence-corrected chi connectivity index (χ3v) is 8.98. The van der Waals surface area contributed by atoms with Crippen molar-refractivity contribution in [1.29, 1.82) is 0 Å². The Morgan fingerprint density at radius 2 is 1.63 bits per heavy atom. The Bertz CT molecular complexity index is 1190. The summed E-state index contributed by atoms with van der Waals surface area (Å²) in [5.74, 6) is 0. The SMILES string of the molecule is CCCCCCCCCCCCCCCCOCC(COP(=O)(O)OCC1OC(n2cc(C)c(=O)[nH]c2=O)CC1N=[N+]=[N-])OCC. The molecule has 0 aromatic carbocycles. The minimum Gasteiger partial charge on any atom is -0.379 e. The molecule has 14 nitrogen and oxygen atoms in total. The van der Waals surface area contributed by atoms with Gasteiger partial charge in [0.15, 0.2) is 0 Å². The van der Waals surface area contributed by atoms with E-state index < -0.39 is 50.2 Å². The first kappa shape index (κ1) is 40.2. The molecule has 1 aromatic heterocycles. The van der Waals surface area contributed by atoms with Gasteiger partial charge in [0.2, 0.25) is 0 Å². The highest BCUT2D eigenvalue weighted by Crippen LogP contribution is 2.44. The predicted octanol–water partition coefficient (Wildman–Crippen LogP) is 6.85. The lowest BCUT2D eigenvalue weighted by molar-refractivity contribution is -0.0468. The number of nitrogens with zero attached hydrogens (tertiary/aromatic N) is 4. The molecule has 0 saturated carbocycles. The molecule has 1 fully saturated rings. The zero-order chi connectivity index (χ0) is 33.6. The number of aromatic nitrogens is 2. The Morgan fingerprint density at radius 3 is 2.22 bits per heavy atom. The summed E-state index contributed by atoms with van der Waals surface area (Å²) in [7, 11) is -4.53. The van der Waals surface area contributed by atoms with Crippen LogP contribution in [0.2, 0.25) is 0 Å². The van der Waals surface area contributed by atoms with Crippen LogP contribution in [0.15, 0.2) is 20.9 Å². The van der Waals surface area contributed by atoms with E-state index in [1.54, 1.807) is 0 Å². The summed E-state index contributed by atoms with van der Waals surface area (Å²) in [5.41, 5.74) is 8.05. The van der Waals surface area contributed by atoms with Crippen LogP contribution in [-0.2, 0) is 27.8 Å². The van der Waals surface area contributed by atoms with E-state index in [2.05, 4.69) is 21.9 Å². The Balaban J connectivity index is 1.63. The number of hydrogen-bond donors (Lipinski definition) is 2. The number of phosphoric ester groups is 1. The topological polar surface area (TPSA) is 187 Å². The summed E-state index contributed by atoms with van der Waals surface area (Å²) >= 11 is 0. The number of nitrogens with one attached hydrogen (secondary N) is 1. The van der Waals surface area contributed by atoms with Gasteiger partial charge in [-0.2, -0.15) is 0 Å². The highest BCUT2D eigenvalue weighted by atomic mass is 31.2. The molecular formula is C31H56N5O9P. The zero-order valence-corrected chi connectivity index (χ0v) is 28.9. The standard InChI is InChI=1S/C31H56N5O9P/c1-4-6-7-8-9-10-11-12-13-14-15-16-17-18-19-41-22-26(42-5-2)23-43-46(39,40)44-24-28-27(34-35-32)20-29(45-28)36-21-25(3)30(37)33-31(36)38/h21,26-29H,4-20,22-24H2,1-3H3,(H,39,40)(H,33,37,38). The van der Waals surface area contributed by atoms with Crippen LogP contribution in [0.3, 0.4) is 0 Å². The maximum absolute atomic E-state index is 12.6. The molecule has 1 aliphatic heterocycles. The minimum atomic E-state index is -4.53. The van der Waals surface area contributed by atoms with Crippen molar-refractivity contribution in [1.82, 2.24) is 9.55 Å². The van der Waals surface area contributed by atoms with E-state index in [1.807, 2.05) is 6.92 Å². The molecule has 1 saturated heterocycles. The van der Waals surface area contributed by atoms with Crippen molar-refractivity contribution < 1.29 is 32.7 Å². The van der Waals surface area contributed by atoms with E-state index in [0.717, 1.165) is 12.8 Å². The summed E-state index contributed by atoms with van der Waals surface area (Å²) in [4.78, 5) is 39.2. The quantitative estimate of drug-likeness (QED) is 0.0331. The number of unbranched alkanes of at least 4 members (excludes halogenated alkanes) is 13. The third kappa shape index (κ3) is 16.2. The van der Waals surface area contributed by atoms with Gasteiger partial charge >= 0.3 is 13.5 Å². The van der Waals surface area contributed by atoms with Gasteiger partial charge in [-0.1, -0.05) is 95.5 Å². The van der Waals surface area contributed by atoms with Crippen LogP contribution in [0.5, 0.6) is 0 Å². The first-order valence-corrected chi connectivity index (χ1v) is 18.5. The smallest absolute Gasteiger partial charge is 0.379 e. The molecule has 264 valence electrons. The van der Waals surface area contributed by atoms with Gasteiger partial charge in [-0.25, -0.2) is 9.36 Å². The van der Waals surface area contributed by atoms with E-state index in [-0.39, 0.29) is 19.6 Å². The van der Waals surface area contributed by atoms with Gasteiger partial charge in [-0.15, -0.1) is 0 Å². The molecule has 2 rings (SSSR count). The van der Waals surface area contributed by atoms with E-state index in [1.165, 1.54) is 94.7 Å². The molecule has 0 spiro atoms. The van der Waals surface area contributed by atoms with E-state index in [4.69, 9.17) is 28.8 Å². The predicted molar refractivity (Wildman–Crippen MR) is 176 cm³/mol. The summed E-state index contributed by atoms with van der Waals surface area (Å²) in [6.45, 7) is 6.12. The van der Waals surface area contributed by atoms with Gasteiger partial charge in [0.1, 0.15) is 12.3 Å². The number of H-pyrrole nitrogens is 1. The fourth-order valence-corrected chi connectivity index (χ4v) is 6.16. The fraction of sp³-hybridized carbons (Fsp3) is 0.871. The minimum absolute atomic E-state index is 0.100. The van der Waals surface area contributed by atoms with Crippen LogP contribution in [0.4, 0.5) is 0 Å². The molecule has 15 heteroatoms. The number of ether oxygens (including phenoxy) is 3. The monoisotopic (exact) mass is 673 g/mol. The molecule has 2 heterocycles. The largest absolute Gasteiger partial charge is 0.472 e. The molecule has 0 bridgehead atoms. The van der Waals surface area contributed by atoms with E-state index in [9.17, 15) is 19.0 Å². The number of rotatable bonds is 27. The summed E-state index contributed by atoms with van der Waals surface area (Å²) in [5, 5.41) is 3.68. The van der Waals surface area contributed by atoms with Crippen LogP contribution >= 0.6 is 7.82 Å². The lowest BCUT2D eigenvalue weighted by atomic mass is 10.0. The summed E-state index contributed by atoms with van der Waals surface area (Å²) < 4.78 is 41.3. The number of azide groups is 1. The Hall–Kier alpha value is -2.02. The van der Waals surface area contributed by atoms with Crippen molar-refractivity contribution in [3.05, 3.63) is 43.0 Å². The van der Waals surface area contributed by atoms with Crippen LogP contribution in [0.1, 0.15) is 122 Å². The van der Waals surface area contributed by atoms with Crippen molar-refractivity contribution >= 4 is 7.82 Å². The summed E-state index contributed by atoms with van der Waals surface area (Å²) in [6.07, 6.45) is 17.1. The maximum atomic E-state index is 12.6. The molecule has 2 N–H and O–H groups in total. The number of hydrogen-bond acceptors (Lipinski definition) is 9. The van der Waals surface area contributed by atoms with Crippen molar-refractivity contribution in [2.45, 2.75) is 142 Å². The van der Waals surface area contributed by atoms with E-state index in [0.29, 0.717) is 18.8 Å². The van der Waals surface area contributed by atoms with Crippen molar-refractivity contribution in [2.24, 2.45) is 5.11 Å². The second-order valence-electron chi connectivity index (χ2n) is 11.9. The van der Waals surface area contributed by atoms with Crippen molar-refractivity contribution in [3.63, 3.8) is 0 Å². The molecule has 46 heavy (non-hydrogen) atoms. The molecule has 5 atom stereocenters. The molecular weight excluding hydrogens is 617 g/mol. The second kappa shape index (κ2) is 23.3. The van der Waals surface area contributed by atoms with Gasteiger partial charge in [0.25, 0.3) is 5.56 Å². The maximum Gasteiger partial charge on any atom is 0.472 e. The van der Waals surface area contributed by atoms with Gasteiger partial charge in [-0.3, -0.25) is 23.4 Å². The molecule has 5 unspecified atom stereocenters. The van der Waals surface area contributed by atoms with Gasteiger partial charge in [-0.05, 0) is 25.8 Å². The fourth-order valence-electron chi connectivity index (χ4n) is 5.40. The van der Waals surface area contributed by atoms with Crippen LogP contribution in [0, 0.1) is 6.92 Å². The normalized spacial score (nSPS) is 20.0. The van der Waals surface area contributed by atoms with Crippen LogP contribution in [-0.4, -0.2) is 65.7 Å². The molecule has 0 radical (unpaired) electrons. The lowest BCUT2D eigenvalue weighted by Crippen LogP contribution is -2.33. The third-order valence-electron chi connectivity index (χ3n) is 8.03. The van der Waals surface area contributed by atoms with Crippen LogP contribution < -0.4 is 11.2 Å². The van der Waals surface area contributed by atoms with Crippen molar-refractivity contribution in [3.8, 4) is 0 Å². The number of aryl methyl sites for hydroxylation is 1. The zero-order valence-electron chi connectivity index (χ0n) is 28.0. The first-order chi connectivity index (χ1) is 22.2. The first-order valence-electron chi connectivity index (χ1n) is 17.0. The molecule has 0 amide bonds. The Kier molecular flexibility index (Phi) is 20.4. The van der Waals surface area contributed by atoms with Gasteiger partial charge in [0.05, 0.1) is 32.0 Å². The van der Waals surface area contributed by atoms with Crippen molar-refractivity contribution in [2.75, 3.05) is 33.0 Å². The van der Waals surface area contributed by atoms with Gasteiger partial charge in [0, 0.05) is 36.3 Å².